The number of rotatable bonds is 0. The first kappa shape index (κ1) is 15.7. The van der Waals surface area contributed by atoms with Gasteiger partial charge in [0.15, 0.2) is 0 Å². The van der Waals surface area contributed by atoms with Crippen molar-refractivity contribution >= 4 is 75.7 Å². The summed E-state index contributed by atoms with van der Waals surface area (Å²) in [4.78, 5) is 0. The van der Waals surface area contributed by atoms with Gasteiger partial charge in [0.25, 0.3) is 0 Å². The van der Waals surface area contributed by atoms with Crippen molar-refractivity contribution in [3.63, 3.8) is 0 Å². The summed E-state index contributed by atoms with van der Waals surface area (Å²) in [5.74, 6) is 0. The first-order chi connectivity index (χ1) is 2.00. The molecule has 0 saturated carbocycles. The van der Waals surface area contributed by atoms with Gasteiger partial charge in [-0.15, -0.1) is 0 Å². The van der Waals surface area contributed by atoms with Crippen LogP contribution in [0.15, 0.2) is 0 Å². The van der Waals surface area contributed by atoms with E-state index in [1.54, 1.807) is 0 Å². The molecule has 0 unspecified atom stereocenters. The van der Waals surface area contributed by atoms with E-state index in [0.29, 0.717) is 0 Å². The molecule has 0 aliphatic rings. The van der Waals surface area contributed by atoms with E-state index in [0.717, 1.165) is 0 Å². The van der Waals surface area contributed by atoms with Crippen molar-refractivity contribution in [3.8, 4) is 0 Å². The first-order valence-corrected chi connectivity index (χ1v) is 3.58. The van der Waals surface area contributed by atoms with Crippen LogP contribution in [0.1, 0.15) is 0 Å². The third-order valence-corrected chi connectivity index (χ3v) is 0. The fourth-order valence-electron chi connectivity index (χ4n) is 0. The summed E-state index contributed by atoms with van der Waals surface area (Å²) in [7, 11) is 0. The second-order valence-electron chi connectivity index (χ2n) is 0. The van der Waals surface area contributed by atoms with Crippen LogP contribution in [-0.4, -0.2) is 75.7 Å². The zero-order valence-electron chi connectivity index (χ0n) is 2.52. The van der Waals surface area contributed by atoms with Gasteiger partial charge in [-0.25, -0.2) is 0 Å². The van der Waals surface area contributed by atoms with E-state index in [2.05, 4.69) is 0 Å². The van der Waals surface area contributed by atoms with E-state index >= 15 is 0 Å². The number of hydrogen-bond acceptors (Lipinski definition) is 2. The van der Waals surface area contributed by atoms with Gasteiger partial charge in [0.05, 0.1) is 0 Å². The van der Waals surface area contributed by atoms with Crippen molar-refractivity contribution in [2.45, 2.75) is 0 Å². The minimum atomic E-state index is 0. The van der Waals surface area contributed by atoms with Gasteiger partial charge in [0.1, 0.15) is 0 Å². The van der Waals surface area contributed by atoms with Crippen molar-refractivity contribution in [2.75, 3.05) is 0 Å². The molecule has 0 N–H and O–H groups in total. The van der Waals surface area contributed by atoms with Crippen molar-refractivity contribution in [3.05, 3.63) is 0 Å². The van der Waals surface area contributed by atoms with Crippen LogP contribution in [0.3, 0.4) is 0 Å². The van der Waals surface area contributed by atoms with Gasteiger partial charge in [-0.05, 0) is 0 Å². The van der Waals surface area contributed by atoms with Crippen molar-refractivity contribution in [1.82, 2.24) is 0 Å². The molecule has 5 heavy (non-hydrogen) atoms. The fourth-order valence-corrected chi connectivity index (χ4v) is 0. The van der Waals surface area contributed by atoms with Gasteiger partial charge in [0, 0.05) is 0 Å². The molecule has 0 rings (SSSR count). The molecular weight excluding hydrogens is 659 g/mol. The van der Waals surface area contributed by atoms with E-state index in [4.69, 9.17) is 5.63 Å². The third-order valence-electron chi connectivity index (χ3n) is 0. The predicted molar refractivity (Wildman–Crippen MR) is 25.6 cm³/mol. The van der Waals surface area contributed by atoms with Crippen LogP contribution >= 0.6 is 0 Å². The Kier molecular flexibility index (Phi) is 107. The Balaban J connectivity index is -0.0000000133. The van der Waals surface area contributed by atoms with E-state index in [1.807, 2.05) is 0 Å². The molecule has 0 saturated heterocycles. The summed E-state index contributed by atoms with van der Waals surface area (Å²) in [5.41, 5.74) is 0. The maximum absolute atomic E-state index is 8.39. The molecule has 0 radical (unpaired) electrons. The van der Waals surface area contributed by atoms with Crippen LogP contribution < -0.4 is 0 Å². The molecule has 0 aromatic heterocycles. The zero-order valence-corrected chi connectivity index (χ0v) is 15.8. The first-order valence-electron chi connectivity index (χ1n) is 0.408. The summed E-state index contributed by atoms with van der Waals surface area (Å²) in [6.45, 7) is 0. The molecule has 0 aromatic rings. The second kappa shape index (κ2) is 34.0. The SMILES string of the molecule is [BiH3].[O]=[BiH].[O]=[BiH]. The van der Waals surface area contributed by atoms with Gasteiger partial charge < -0.3 is 0 Å². The summed E-state index contributed by atoms with van der Waals surface area (Å²) in [6.07, 6.45) is 0. The van der Waals surface area contributed by atoms with Gasteiger partial charge >= 0.3 is 81.3 Å². The van der Waals surface area contributed by atoms with E-state index in [9.17, 15) is 0 Å². The van der Waals surface area contributed by atoms with Gasteiger partial charge in [-0.3, -0.25) is 0 Å². The number of hydrogen-bond donors (Lipinski definition) is 0. The maximum atomic E-state index is 8.39. The molecule has 0 heterocycles. The van der Waals surface area contributed by atoms with Crippen LogP contribution in [0.5, 0.6) is 0 Å². The van der Waals surface area contributed by atoms with E-state index < -0.39 is 0 Å². The summed E-state index contributed by atoms with van der Waals surface area (Å²) in [6, 6.07) is 0. The molecule has 32 valence electrons. The van der Waals surface area contributed by atoms with Gasteiger partial charge in [-0.1, -0.05) is 0 Å². The van der Waals surface area contributed by atoms with Gasteiger partial charge in [0.2, 0.25) is 0 Å². The normalized spacial score (nSPS) is 1.60. The Morgan fingerprint density at radius 2 is 0.800 bits per heavy atom. The molecule has 0 bridgehead atoms. The molecule has 0 aliphatic carbocycles. The molecule has 0 amide bonds. The molecule has 0 aliphatic heterocycles. The van der Waals surface area contributed by atoms with Crippen LogP contribution in [-0.2, 0) is 5.63 Å². The van der Waals surface area contributed by atoms with Crippen LogP contribution in [0.4, 0.5) is 0 Å². The molecule has 0 atom stereocenters. The van der Waals surface area contributed by atoms with Crippen LogP contribution in [0, 0.1) is 0 Å². The summed E-state index contributed by atoms with van der Waals surface area (Å²) >= 11 is 0.111. The second-order valence-corrected chi connectivity index (χ2v) is 0. The topological polar surface area (TPSA) is 34.1 Å². The summed E-state index contributed by atoms with van der Waals surface area (Å²) in [5, 5.41) is 0. The van der Waals surface area contributed by atoms with E-state index in [1.165, 1.54) is 0 Å². The average molecular weight is 664 g/mol. The molecule has 0 aromatic carbocycles. The Morgan fingerprint density at radius 1 is 0.800 bits per heavy atom. The Morgan fingerprint density at radius 3 is 0.800 bits per heavy atom. The molecule has 2 nitrogen and oxygen atoms in total. The van der Waals surface area contributed by atoms with Gasteiger partial charge in [-0.2, -0.15) is 0 Å². The van der Waals surface area contributed by atoms with Crippen LogP contribution in [0.2, 0.25) is 0 Å². The zero-order chi connectivity index (χ0) is 4.00. The summed E-state index contributed by atoms with van der Waals surface area (Å²) < 4.78 is 16.8. The van der Waals surface area contributed by atoms with Crippen molar-refractivity contribution in [2.24, 2.45) is 0 Å². The quantitative estimate of drug-likeness (QED) is 0.265. The van der Waals surface area contributed by atoms with Crippen molar-refractivity contribution in [1.29, 1.82) is 0 Å². The average Bonchev–Trinajstić information content (AvgIpc) is 1.50. The molecule has 0 fully saturated rings. The third kappa shape index (κ3) is 22.3. The predicted octanol–water partition coefficient (Wildman–Crippen LogP) is -2.72. The Labute approximate surface area is 79.8 Å². The molecule has 5 heteroatoms. The minimum absolute atomic E-state index is 0. The molecular formula is H5Bi3O2. The molecule has 0 spiro atoms. The Bertz CT molecular complexity index is 6.85. The fraction of sp³-hybridized carbons (Fsp3) is 0. The van der Waals surface area contributed by atoms with Crippen LogP contribution in [0.25, 0.3) is 0 Å². The standard InChI is InChI=1S/3Bi.2O.5H. The Hall–Kier alpha value is 2.25. The van der Waals surface area contributed by atoms with E-state index in [-0.39, 0.29) is 75.7 Å². The van der Waals surface area contributed by atoms with Crippen molar-refractivity contribution < 1.29 is 5.63 Å². The monoisotopic (exact) mass is 664 g/mol.